The van der Waals surface area contributed by atoms with Gasteiger partial charge in [0, 0.05) is 67.2 Å². The first-order valence-corrected chi connectivity index (χ1v) is 33.6. The minimum absolute atomic E-state index is 0.0536. The molecule has 0 bridgehead atoms. The number of methoxy groups -OCH3 is 2. The Labute approximate surface area is 532 Å². The first kappa shape index (κ1) is 74.2. The van der Waals surface area contributed by atoms with Gasteiger partial charge in [-0.25, -0.2) is 5.06 Å². The molecule has 89 heavy (non-hydrogen) atoms. The number of hydrogen-bond donors (Lipinski definition) is 3. The molecule has 3 aliphatic heterocycles. The van der Waals surface area contributed by atoms with Gasteiger partial charge in [-0.05, 0) is 119 Å². The zero-order valence-corrected chi connectivity index (χ0v) is 57.1. The Hall–Kier alpha value is -5.51. The normalized spacial score (nSPS) is 22.7. The smallest absolute Gasteiger partial charge is 0.269 e. The number of fused-ring (bicyclic) bond motifs is 1. The molecule has 1 aliphatic carbocycles. The fourth-order valence-corrected chi connectivity index (χ4v) is 14.7. The van der Waals surface area contributed by atoms with Gasteiger partial charge in [0.05, 0.1) is 60.6 Å². The number of unbranched alkanes of at least 4 members (excludes halogenated alkanes) is 3. The van der Waals surface area contributed by atoms with E-state index in [0.29, 0.717) is 84.2 Å². The summed E-state index contributed by atoms with van der Waals surface area (Å²) >= 11 is 0. The molecule has 0 spiro atoms. The SMILES string of the molecule is CCCCc1cccc(CC(NC(=O)C(C)C(OC)C2CCCN2C(=O)CC(OC)C(C(C)CC)N(C)C(=O)C(NC(=O)C(C(C)C)N(C)CCCC(=O)N(C)NC(=O)CCCCCN2C(=O)C3C(C)(CC)C3(CC)C2=O)C(C)C)C(=O)N2CCCCO2)c1. The van der Waals surface area contributed by atoms with Gasteiger partial charge in [0.2, 0.25) is 47.3 Å². The summed E-state index contributed by atoms with van der Waals surface area (Å²) in [6, 6.07) is 4.67. The molecule has 5 rings (SSSR count). The van der Waals surface area contributed by atoms with E-state index in [1.54, 1.807) is 30.9 Å². The number of hydrogen-bond acceptors (Lipinski definition) is 13. The monoisotopic (exact) mass is 1250 g/mol. The molecule has 21 nitrogen and oxygen atoms in total. The zero-order chi connectivity index (χ0) is 66.1. The van der Waals surface area contributed by atoms with Crippen molar-refractivity contribution >= 4 is 53.2 Å². The van der Waals surface area contributed by atoms with E-state index in [2.05, 4.69) is 35.1 Å². The van der Waals surface area contributed by atoms with Gasteiger partial charge in [-0.3, -0.25) is 68.2 Å². The van der Waals surface area contributed by atoms with Crippen molar-refractivity contribution in [2.24, 2.45) is 40.4 Å². The van der Waals surface area contributed by atoms with Crippen LogP contribution in [0.25, 0.3) is 0 Å². The molecule has 4 fully saturated rings. The third-order valence-corrected chi connectivity index (χ3v) is 20.3. The number of amides is 9. The van der Waals surface area contributed by atoms with Crippen molar-refractivity contribution in [1.29, 1.82) is 0 Å². The molecule has 3 heterocycles. The zero-order valence-electron chi connectivity index (χ0n) is 57.1. The van der Waals surface area contributed by atoms with Crippen LogP contribution in [0.3, 0.4) is 0 Å². The number of rotatable bonds is 36. The quantitative estimate of drug-likeness (QED) is 0.0341. The lowest BCUT2D eigenvalue weighted by molar-refractivity contribution is -0.199. The number of likely N-dealkylation sites (tertiary alicyclic amines) is 2. The number of carbonyl (C=O) groups excluding carboxylic acids is 9. The number of ether oxygens (including phenoxy) is 2. The number of hydrazine groups is 1. The number of nitrogens with one attached hydrogen (secondary N) is 3. The number of imide groups is 1. The highest BCUT2D eigenvalue weighted by molar-refractivity contribution is 6.13. The molecule has 0 radical (unpaired) electrons. The van der Waals surface area contributed by atoms with Crippen molar-refractivity contribution in [3.05, 3.63) is 35.4 Å². The van der Waals surface area contributed by atoms with Crippen LogP contribution in [0.5, 0.6) is 0 Å². The molecule has 12 atom stereocenters. The van der Waals surface area contributed by atoms with Gasteiger partial charge in [-0.15, -0.1) is 0 Å². The van der Waals surface area contributed by atoms with Crippen LogP contribution < -0.4 is 16.1 Å². The minimum atomic E-state index is -0.924. The second-order valence-electron chi connectivity index (χ2n) is 26.9. The summed E-state index contributed by atoms with van der Waals surface area (Å²) in [6.07, 6.45) is 9.33. The Bertz CT molecular complexity index is 2560. The number of benzene rings is 1. The second-order valence-corrected chi connectivity index (χ2v) is 26.9. The summed E-state index contributed by atoms with van der Waals surface area (Å²) in [5, 5.41) is 8.73. The summed E-state index contributed by atoms with van der Waals surface area (Å²) in [4.78, 5) is 137. The maximum atomic E-state index is 14.9. The van der Waals surface area contributed by atoms with Gasteiger partial charge in [-0.1, -0.05) is 120 Å². The van der Waals surface area contributed by atoms with E-state index in [0.717, 1.165) is 44.1 Å². The number of aryl methyl sites for hydroxylation is 1. The molecule has 3 saturated heterocycles. The lowest BCUT2D eigenvalue weighted by Gasteiger charge is -2.41. The van der Waals surface area contributed by atoms with Gasteiger partial charge in [-0.2, -0.15) is 0 Å². The highest BCUT2D eigenvalue weighted by Gasteiger charge is 2.83. The van der Waals surface area contributed by atoms with E-state index in [4.69, 9.17) is 14.3 Å². The van der Waals surface area contributed by atoms with Crippen molar-refractivity contribution in [3.63, 3.8) is 0 Å². The summed E-state index contributed by atoms with van der Waals surface area (Å²) in [7, 11) is 8.11. The van der Waals surface area contributed by atoms with Crippen molar-refractivity contribution in [2.75, 3.05) is 68.1 Å². The van der Waals surface area contributed by atoms with Gasteiger partial charge in [0.25, 0.3) is 5.91 Å². The molecular formula is C68H113N9O12. The van der Waals surface area contributed by atoms with E-state index in [1.807, 2.05) is 86.4 Å². The van der Waals surface area contributed by atoms with Gasteiger partial charge in [0.15, 0.2) is 0 Å². The molecule has 1 aromatic carbocycles. The Balaban J connectivity index is 1.15. The maximum Gasteiger partial charge on any atom is 0.269 e. The van der Waals surface area contributed by atoms with E-state index in [1.165, 1.54) is 34.7 Å². The Kier molecular flexibility index (Phi) is 28.6. The lowest BCUT2D eigenvalue weighted by atomic mass is 9.88. The molecule has 0 aromatic heterocycles. The molecular weight excluding hydrogens is 1130 g/mol. The highest BCUT2D eigenvalue weighted by atomic mass is 16.7. The maximum absolute atomic E-state index is 14.9. The third-order valence-electron chi connectivity index (χ3n) is 20.3. The number of nitrogens with zero attached hydrogens (tertiary/aromatic N) is 6. The summed E-state index contributed by atoms with van der Waals surface area (Å²) in [5.41, 5.74) is 3.95. The van der Waals surface area contributed by atoms with Crippen LogP contribution in [0.1, 0.15) is 190 Å². The van der Waals surface area contributed by atoms with Crippen LogP contribution in [0.4, 0.5) is 0 Å². The molecule has 4 aliphatic rings. The second kappa shape index (κ2) is 34.2. The van der Waals surface area contributed by atoms with E-state index >= 15 is 0 Å². The molecule has 21 heteroatoms. The number of piperidine rings is 1. The molecule has 9 amide bonds. The largest absolute Gasteiger partial charge is 0.379 e. The van der Waals surface area contributed by atoms with Crippen LogP contribution in [-0.4, -0.2) is 193 Å². The predicted molar refractivity (Wildman–Crippen MR) is 342 cm³/mol. The van der Waals surface area contributed by atoms with E-state index < -0.39 is 53.8 Å². The number of hydroxylamine groups is 2. The first-order valence-electron chi connectivity index (χ1n) is 33.6. The molecule has 12 unspecified atom stereocenters. The van der Waals surface area contributed by atoms with Crippen molar-refractivity contribution in [3.8, 4) is 0 Å². The van der Waals surface area contributed by atoms with E-state index in [9.17, 15) is 43.2 Å². The fourth-order valence-electron chi connectivity index (χ4n) is 14.7. The van der Waals surface area contributed by atoms with Crippen molar-refractivity contribution < 1.29 is 57.5 Å². The van der Waals surface area contributed by atoms with Gasteiger partial charge < -0.3 is 29.9 Å². The van der Waals surface area contributed by atoms with Crippen LogP contribution in [-0.2, 0) is 70.3 Å². The Morgan fingerprint density at radius 1 is 0.798 bits per heavy atom. The molecule has 1 saturated carbocycles. The van der Waals surface area contributed by atoms with Crippen molar-refractivity contribution in [2.45, 2.75) is 234 Å². The van der Waals surface area contributed by atoms with Crippen LogP contribution >= 0.6 is 0 Å². The predicted octanol–water partition coefficient (Wildman–Crippen LogP) is 7.27. The minimum Gasteiger partial charge on any atom is -0.379 e. The average molecular weight is 1250 g/mol. The highest BCUT2D eigenvalue weighted by Crippen LogP contribution is 2.76. The average Bonchev–Trinajstić information content (AvgIpc) is 1.48. The fraction of sp³-hybridized carbons (Fsp3) is 0.779. The summed E-state index contributed by atoms with van der Waals surface area (Å²) in [5.74, 6) is -3.85. The standard InChI is InChI=1S/C68H113N9O12/c1-17-21-30-48-31-27-32-49(41-48)42-50(63(83)77-39-25-26-40-89-77)69-61(81)47(10)59(88-16)51-33-28-38-75(51)55(80)43-52(87-15)58(46(9)18-2)73(13)64(84)56(44(5)6)70-62(82)57(45(7)8)72(12)36-29-35-54(79)74(14)71-53(78)34-23-22-24-37-76-65(85)60-67(11,19-3)68(60,20-4)66(76)86/h27,31-32,41,44-47,50-52,56-60H,17-26,28-30,33-40,42-43H2,1-16H3,(H,69,81)(H,70,82)(H,71,78). The number of likely N-dealkylation sites (N-methyl/N-ethyl adjacent to an activating group) is 2. The number of carbonyl (C=O) groups is 9. The molecule has 3 N–H and O–H groups in total. The Morgan fingerprint density at radius 3 is 2.10 bits per heavy atom. The van der Waals surface area contributed by atoms with Crippen LogP contribution in [0.15, 0.2) is 24.3 Å². The topological polar surface area (TPSA) is 237 Å². The Morgan fingerprint density at radius 2 is 1.51 bits per heavy atom. The van der Waals surface area contributed by atoms with Crippen LogP contribution in [0.2, 0.25) is 0 Å². The third kappa shape index (κ3) is 17.8. The summed E-state index contributed by atoms with van der Waals surface area (Å²) in [6.45, 7) is 23.7. The summed E-state index contributed by atoms with van der Waals surface area (Å²) < 4.78 is 12.3. The molecule has 1 aromatic rings. The van der Waals surface area contributed by atoms with Crippen LogP contribution in [0, 0.1) is 40.4 Å². The first-order chi connectivity index (χ1) is 42.2. The van der Waals surface area contributed by atoms with Gasteiger partial charge in [0.1, 0.15) is 12.1 Å². The lowest BCUT2D eigenvalue weighted by Crippen LogP contribution is -2.60. The van der Waals surface area contributed by atoms with Crippen molar-refractivity contribution in [1.82, 2.24) is 45.7 Å². The van der Waals surface area contributed by atoms with Gasteiger partial charge >= 0.3 is 0 Å². The van der Waals surface area contributed by atoms with E-state index in [-0.39, 0.29) is 108 Å². The molecule has 502 valence electrons.